The number of benzene rings is 18. The maximum Gasteiger partial charge on any atom is 0.159 e. The molecule has 9 aromatic heterocycles. The van der Waals surface area contributed by atoms with Crippen LogP contribution in [-0.4, -0.2) is 57.3 Å². The Hall–Kier alpha value is -18.0. The Balaban J connectivity index is 0.000000106. The van der Waals surface area contributed by atoms with Gasteiger partial charge in [0.1, 0.15) is 0 Å². The molecule has 0 aliphatic heterocycles. The standard InChI is InChI=1S/3C40H26N4/c1-3-12-27(13-4-1)40-41-25-29(26-42-40)28-14-11-17-31(22-28)44-37-21-10-8-19-33(37)35-23-34-32-18-7-9-20-36(32)43(38(34)24-39(35)44)30-15-5-2-6-16-30;1-3-12-27(13-4-1)29-25-41-40(42-26-29)28-14-11-17-31(22-28)44-37-21-10-8-19-33(37)35-23-34-32-18-7-9-20-36(32)43(38(34)24-39(35)44)30-15-5-2-6-16-30;1-3-11-28(12-4-1)40-41-25-29(26-42-40)27-19-21-31(22-20-27)44-37-18-10-8-16-33(37)35-23-34-32-15-7-9-17-36(32)43(38(34)24-39(35)44)30-13-5-2-6-14-30/h3*1-26H. The van der Waals surface area contributed by atoms with E-state index in [1.807, 2.05) is 116 Å². The van der Waals surface area contributed by atoms with Crippen LogP contribution in [0.1, 0.15) is 0 Å². The topological polar surface area (TPSA) is 107 Å². The van der Waals surface area contributed by atoms with E-state index in [1.54, 1.807) is 0 Å². The molecular formula is C120H78N12. The zero-order chi connectivity index (χ0) is 87.1. The number of para-hydroxylation sites is 9. The molecule has 0 saturated carbocycles. The molecule has 0 saturated heterocycles. The third kappa shape index (κ3) is 13.1. The SMILES string of the molecule is c1ccc(-c2cnc(-c3cccc(-n4c5ccccc5c5cc6c7ccccc7n(-c7ccccc7)c6cc54)c3)nc2)cc1.c1ccc(-c2ncc(-c3ccc(-n4c5ccccc5c5cc6c7ccccc7n(-c7ccccc7)c6cc54)cc3)cn2)cc1.c1ccc(-c2ncc(-c3cccc(-n4c5ccccc5c5cc6c7ccccc7n(-c7ccccc7)c6cc54)c3)cn2)cc1. The van der Waals surface area contributed by atoms with Gasteiger partial charge in [-0.05, 0) is 162 Å². The van der Waals surface area contributed by atoms with Crippen molar-refractivity contribution in [3.8, 4) is 102 Å². The fourth-order valence-corrected chi connectivity index (χ4v) is 19.8. The maximum atomic E-state index is 4.76. The van der Waals surface area contributed by atoms with Gasteiger partial charge in [0, 0.05) is 169 Å². The third-order valence-electron chi connectivity index (χ3n) is 25.8. The molecule has 0 bridgehead atoms. The largest absolute Gasteiger partial charge is 0.309 e. The van der Waals surface area contributed by atoms with E-state index in [0.717, 1.165) is 101 Å². The molecule has 0 aliphatic carbocycles. The lowest BCUT2D eigenvalue weighted by Crippen LogP contribution is -1.97. The highest BCUT2D eigenvalue weighted by Crippen LogP contribution is 2.45. The second-order valence-electron chi connectivity index (χ2n) is 33.4. The average molecular weight is 1690 g/mol. The van der Waals surface area contributed by atoms with E-state index in [1.165, 1.54) is 125 Å². The first-order valence-corrected chi connectivity index (χ1v) is 44.5. The second-order valence-corrected chi connectivity index (χ2v) is 33.4. The number of fused-ring (bicyclic) bond motifs is 18. The van der Waals surface area contributed by atoms with Gasteiger partial charge < -0.3 is 27.4 Å². The molecule has 0 unspecified atom stereocenters. The monoisotopic (exact) mass is 1690 g/mol. The minimum atomic E-state index is 0.707. The summed E-state index contributed by atoms with van der Waals surface area (Å²) in [4.78, 5) is 28.2. The van der Waals surface area contributed by atoms with Crippen molar-refractivity contribution in [1.82, 2.24) is 57.3 Å². The zero-order valence-electron chi connectivity index (χ0n) is 71.4. The van der Waals surface area contributed by atoms with Crippen molar-refractivity contribution in [3.63, 3.8) is 0 Å². The highest BCUT2D eigenvalue weighted by Gasteiger charge is 2.24. The second kappa shape index (κ2) is 32.1. The highest BCUT2D eigenvalue weighted by molar-refractivity contribution is 6.23. The van der Waals surface area contributed by atoms with Crippen molar-refractivity contribution in [3.05, 3.63) is 474 Å². The van der Waals surface area contributed by atoms with E-state index in [9.17, 15) is 0 Å². The van der Waals surface area contributed by atoms with E-state index in [2.05, 4.69) is 395 Å². The van der Waals surface area contributed by atoms with Crippen LogP contribution in [0, 0.1) is 0 Å². The Morgan fingerprint density at radius 3 is 0.621 bits per heavy atom. The van der Waals surface area contributed by atoms with E-state index in [0.29, 0.717) is 5.82 Å². The van der Waals surface area contributed by atoms with E-state index >= 15 is 0 Å². The van der Waals surface area contributed by atoms with Crippen molar-refractivity contribution in [2.45, 2.75) is 0 Å². The summed E-state index contributed by atoms with van der Waals surface area (Å²) in [5.74, 6) is 2.17. The van der Waals surface area contributed by atoms with Gasteiger partial charge >= 0.3 is 0 Å². The predicted octanol–water partition coefficient (Wildman–Crippen LogP) is 30.0. The summed E-state index contributed by atoms with van der Waals surface area (Å²) in [6.07, 6.45) is 11.5. The van der Waals surface area contributed by atoms with E-state index in [-0.39, 0.29) is 0 Å². The Kier molecular flexibility index (Phi) is 18.6. The first-order valence-electron chi connectivity index (χ1n) is 44.5. The van der Waals surface area contributed by atoms with Crippen molar-refractivity contribution in [2.24, 2.45) is 0 Å². The van der Waals surface area contributed by atoms with Crippen molar-refractivity contribution >= 4 is 131 Å². The number of aromatic nitrogens is 12. The molecule has 12 heteroatoms. The van der Waals surface area contributed by atoms with Gasteiger partial charge in [-0.25, -0.2) is 29.9 Å². The van der Waals surface area contributed by atoms with Crippen molar-refractivity contribution < 1.29 is 0 Å². The zero-order valence-corrected chi connectivity index (χ0v) is 71.4. The molecular weight excluding hydrogens is 1610 g/mol. The van der Waals surface area contributed by atoms with Crippen LogP contribution in [0.5, 0.6) is 0 Å². The van der Waals surface area contributed by atoms with Gasteiger partial charge in [-0.3, -0.25) is 0 Å². The van der Waals surface area contributed by atoms with Crippen LogP contribution >= 0.6 is 0 Å². The van der Waals surface area contributed by atoms with Gasteiger partial charge in [0.15, 0.2) is 17.5 Å². The van der Waals surface area contributed by atoms with Crippen LogP contribution in [0.3, 0.4) is 0 Å². The first-order chi connectivity index (χ1) is 65.5. The first kappa shape index (κ1) is 76.4. The smallest absolute Gasteiger partial charge is 0.159 e. The summed E-state index contributed by atoms with van der Waals surface area (Å²) in [6.45, 7) is 0. The van der Waals surface area contributed by atoms with Crippen molar-refractivity contribution in [2.75, 3.05) is 0 Å². The molecule has 18 aromatic carbocycles. The molecule has 9 heterocycles. The Morgan fingerprint density at radius 1 is 0.114 bits per heavy atom. The summed E-state index contributed by atoms with van der Waals surface area (Å²) in [5.41, 5.74) is 30.3. The molecule has 0 radical (unpaired) electrons. The fourth-order valence-electron chi connectivity index (χ4n) is 19.8. The molecule has 27 aromatic rings. The molecule has 0 atom stereocenters. The maximum absolute atomic E-state index is 4.76. The summed E-state index contributed by atoms with van der Waals surface area (Å²) < 4.78 is 14.3. The lowest BCUT2D eigenvalue weighted by molar-refractivity contribution is 1.15. The number of hydrogen-bond acceptors (Lipinski definition) is 6. The molecule has 0 aliphatic rings. The molecule has 618 valence electrons. The Morgan fingerprint density at radius 2 is 0.318 bits per heavy atom. The molecule has 0 N–H and O–H groups in total. The Labute approximate surface area is 758 Å². The minimum Gasteiger partial charge on any atom is -0.309 e. The molecule has 0 amide bonds. The summed E-state index contributed by atoms with van der Waals surface area (Å²) in [5, 5.41) is 15.0. The van der Waals surface area contributed by atoms with Crippen LogP contribution in [-0.2, 0) is 0 Å². The van der Waals surface area contributed by atoms with Gasteiger partial charge in [-0.15, -0.1) is 0 Å². The van der Waals surface area contributed by atoms with Crippen LogP contribution in [0.2, 0.25) is 0 Å². The lowest BCUT2D eigenvalue weighted by atomic mass is 10.1. The molecule has 0 fully saturated rings. The molecule has 132 heavy (non-hydrogen) atoms. The summed E-state index contributed by atoms with van der Waals surface area (Å²) >= 11 is 0. The normalized spacial score (nSPS) is 11.6. The predicted molar refractivity (Wildman–Crippen MR) is 545 cm³/mol. The van der Waals surface area contributed by atoms with E-state index < -0.39 is 0 Å². The minimum absolute atomic E-state index is 0.707. The number of nitrogens with zero attached hydrogens (tertiary/aromatic N) is 12. The van der Waals surface area contributed by atoms with Gasteiger partial charge in [-0.2, -0.15) is 0 Å². The lowest BCUT2D eigenvalue weighted by Gasteiger charge is -2.11. The molecule has 0 spiro atoms. The van der Waals surface area contributed by atoms with Gasteiger partial charge in [0.2, 0.25) is 0 Å². The highest BCUT2D eigenvalue weighted by atomic mass is 15.0. The average Bonchev–Trinajstić information content (AvgIpc) is 1.57. The quantitative estimate of drug-likeness (QED) is 0.121. The molecule has 12 nitrogen and oxygen atoms in total. The van der Waals surface area contributed by atoms with Crippen LogP contribution in [0.25, 0.3) is 233 Å². The van der Waals surface area contributed by atoms with Crippen LogP contribution in [0.15, 0.2) is 474 Å². The Bertz CT molecular complexity index is 8720. The van der Waals surface area contributed by atoms with Crippen LogP contribution < -0.4 is 0 Å². The number of rotatable bonds is 12. The van der Waals surface area contributed by atoms with E-state index in [4.69, 9.17) is 19.9 Å². The van der Waals surface area contributed by atoms with Crippen LogP contribution in [0.4, 0.5) is 0 Å². The summed E-state index contributed by atoms with van der Waals surface area (Å²) in [7, 11) is 0. The summed E-state index contributed by atoms with van der Waals surface area (Å²) in [6, 6.07) is 155. The third-order valence-corrected chi connectivity index (χ3v) is 25.8. The van der Waals surface area contributed by atoms with Gasteiger partial charge in [-0.1, -0.05) is 291 Å². The van der Waals surface area contributed by atoms with Crippen molar-refractivity contribution in [1.29, 1.82) is 0 Å². The fraction of sp³-hybridized carbons (Fsp3) is 0. The van der Waals surface area contributed by atoms with Gasteiger partial charge in [0.25, 0.3) is 0 Å². The number of hydrogen-bond donors (Lipinski definition) is 0. The van der Waals surface area contributed by atoms with Gasteiger partial charge in [0.05, 0.1) is 66.2 Å². The molecule has 27 rings (SSSR count).